The maximum atomic E-state index is 12.7. The summed E-state index contributed by atoms with van der Waals surface area (Å²) in [5, 5.41) is 14.6. The van der Waals surface area contributed by atoms with Crippen LogP contribution in [0.25, 0.3) is 0 Å². The highest BCUT2D eigenvalue weighted by molar-refractivity contribution is 8.17. The number of Topliss-reactive ketones (excluding diaryl/α,β-unsaturated/α-hetero) is 1. The summed E-state index contributed by atoms with van der Waals surface area (Å²) in [5.41, 5.74) is 7.05. The molecule has 4 aromatic rings. The van der Waals surface area contributed by atoms with E-state index in [1.807, 2.05) is 82.8 Å². The average Bonchev–Trinajstić information content (AvgIpc) is 3.36. The third-order valence-electron chi connectivity index (χ3n) is 6.68. The number of rotatable bonds is 5. The van der Waals surface area contributed by atoms with Gasteiger partial charge in [0.15, 0.2) is 10.8 Å². The predicted octanol–water partition coefficient (Wildman–Crippen LogP) is 6.79. The zero-order valence-corrected chi connectivity index (χ0v) is 21.5. The highest BCUT2D eigenvalue weighted by Crippen LogP contribution is 2.54. The minimum absolute atomic E-state index is 0.0711. The number of benzene rings is 4. The smallest absolute Gasteiger partial charge is 0.234 e. The van der Waals surface area contributed by atoms with Gasteiger partial charge in [0.2, 0.25) is 4.99 Å². The SMILES string of the molecule is CCc1ccc(C2=NN(c3ccccc3)[C@]3(SC(C(C)=O)=NN3c3ccccc3)c3ccccc32)cc1. The van der Waals surface area contributed by atoms with Gasteiger partial charge in [-0.2, -0.15) is 10.2 Å². The van der Waals surface area contributed by atoms with E-state index in [-0.39, 0.29) is 5.78 Å². The van der Waals surface area contributed by atoms with Gasteiger partial charge in [-0.05, 0) is 48.0 Å². The summed E-state index contributed by atoms with van der Waals surface area (Å²) in [6.45, 7) is 3.73. The molecule has 2 aliphatic rings. The van der Waals surface area contributed by atoms with Crippen molar-refractivity contribution in [3.8, 4) is 0 Å². The Kier molecular flexibility index (Phi) is 5.89. The lowest BCUT2D eigenvalue weighted by atomic mass is 9.92. The number of aryl methyl sites for hydroxylation is 1. The van der Waals surface area contributed by atoms with Gasteiger partial charge in [-0.3, -0.25) is 4.79 Å². The molecule has 5 nitrogen and oxygen atoms in total. The zero-order valence-electron chi connectivity index (χ0n) is 20.7. The number of thioether (sulfide) groups is 1. The number of para-hydroxylation sites is 2. The molecule has 1 atom stereocenters. The minimum Gasteiger partial charge on any atom is -0.292 e. The van der Waals surface area contributed by atoms with Gasteiger partial charge < -0.3 is 0 Å². The molecule has 0 saturated carbocycles. The van der Waals surface area contributed by atoms with Gasteiger partial charge in [-0.25, -0.2) is 10.0 Å². The predicted molar refractivity (Wildman–Crippen MR) is 153 cm³/mol. The molecule has 0 saturated heterocycles. The Morgan fingerprint density at radius 3 is 1.92 bits per heavy atom. The van der Waals surface area contributed by atoms with Crippen LogP contribution in [-0.4, -0.2) is 16.5 Å². The number of ketones is 1. The second-order valence-corrected chi connectivity index (χ2v) is 10.2. The number of fused-ring (bicyclic) bond motifs is 2. The van der Waals surface area contributed by atoms with Crippen LogP contribution in [0.3, 0.4) is 0 Å². The van der Waals surface area contributed by atoms with Crippen LogP contribution in [0.15, 0.2) is 119 Å². The van der Waals surface area contributed by atoms with Crippen LogP contribution in [-0.2, 0) is 16.2 Å². The van der Waals surface area contributed by atoms with E-state index in [2.05, 4.69) is 43.3 Å². The van der Waals surface area contributed by atoms with E-state index in [0.717, 1.165) is 40.2 Å². The van der Waals surface area contributed by atoms with Crippen molar-refractivity contribution in [1.82, 2.24) is 0 Å². The Bertz CT molecular complexity index is 1520. The van der Waals surface area contributed by atoms with E-state index in [4.69, 9.17) is 10.2 Å². The first-order valence-electron chi connectivity index (χ1n) is 12.4. The molecule has 37 heavy (non-hydrogen) atoms. The van der Waals surface area contributed by atoms with Crippen molar-refractivity contribution < 1.29 is 4.79 Å². The molecule has 0 aliphatic carbocycles. The molecule has 2 heterocycles. The van der Waals surface area contributed by atoms with Gasteiger partial charge >= 0.3 is 0 Å². The van der Waals surface area contributed by atoms with Crippen molar-refractivity contribution in [2.75, 3.05) is 10.0 Å². The van der Waals surface area contributed by atoms with Crippen LogP contribution in [0, 0.1) is 0 Å². The molecule has 182 valence electrons. The molecule has 6 heteroatoms. The Morgan fingerprint density at radius 1 is 0.757 bits per heavy atom. The number of carbonyl (C=O) groups excluding carboxylic acids is 1. The molecule has 2 aliphatic heterocycles. The van der Waals surface area contributed by atoms with E-state index >= 15 is 0 Å². The van der Waals surface area contributed by atoms with E-state index in [0.29, 0.717) is 5.04 Å². The largest absolute Gasteiger partial charge is 0.292 e. The van der Waals surface area contributed by atoms with Crippen LogP contribution in [0.2, 0.25) is 0 Å². The van der Waals surface area contributed by atoms with E-state index in [9.17, 15) is 4.79 Å². The molecule has 4 aromatic carbocycles. The number of carbonyl (C=O) groups is 1. The Balaban J connectivity index is 1.64. The first-order valence-corrected chi connectivity index (χ1v) is 13.2. The van der Waals surface area contributed by atoms with Crippen molar-refractivity contribution in [2.24, 2.45) is 10.2 Å². The number of hydrogen-bond acceptors (Lipinski definition) is 6. The first-order chi connectivity index (χ1) is 18.1. The summed E-state index contributed by atoms with van der Waals surface area (Å²) in [5.74, 6) is -0.0711. The van der Waals surface area contributed by atoms with E-state index in [1.165, 1.54) is 17.3 Å². The summed E-state index contributed by atoms with van der Waals surface area (Å²) >= 11 is 1.44. The fraction of sp³-hybridized carbons (Fsp3) is 0.129. The standard InChI is InChI=1S/C31H26N4OS/c1-3-23-18-20-24(21-19-23)29-27-16-10-11-17-28(27)31(34(32-29)25-12-6-4-7-13-25)35(26-14-8-5-9-15-26)33-30(37-31)22(2)36/h4-21H,3H2,1-2H3/t31-/m1/s1. The third kappa shape index (κ3) is 3.85. The van der Waals surface area contributed by atoms with Gasteiger partial charge in [0, 0.05) is 23.6 Å². The lowest BCUT2D eigenvalue weighted by Crippen LogP contribution is -2.54. The fourth-order valence-corrected chi connectivity index (χ4v) is 6.12. The van der Waals surface area contributed by atoms with Crippen LogP contribution in [0.1, 0.15) is 36.1 Å². The second-order valence-electron chi connectivity index (χ2n) is 9.01. The summed E-state index contributed by atoms with van der Waals surface area (Å²) in [6.07, 6.45) is 0.983. The molecule has 6 rings (SSSR count). The number of hydrazone groups is 2. The zero-order chi connectivity index (χ0) is 25.4. The van der Waals surface area contributed by atoms with Crippen molar-refractivity contribution in [3.63, 3.8) is 0 Å². The van der Waals surface area contributed by atoms with Crippen LogP contribution >= 0.6 is 11.8 Å². The molecular weight excluding hydrogens is 476 g/mol. The molecule has 0 amide bonds. The molecule has 0 N–H and O–H groups in total. The molecular formula is C31H26N4OS. The molecule has 0 fully saturated rings. The number of nitrogens with zero attached hydrogens (tertiary/aromatic N) is 4. The quantitative estimate of drug-likeness (QED) is 0.302. The number of anilines is 2. The summed E-state index contributed by atoms with van der Waals surface area (Å²) in [6, 6.07) is 37.0. The maximum absolute atomic E-state index is 12.7. The van der Waals surface area contributed by atoms with Gasteiger partial charge in [0.05, 0.1) is 17.1 Å². The van der Waals surface area contributed by atoms with E-state index < -0.39 is 4.99 Å². The van der Waals surface area contributed by atoms with Crippen molar-refractivity contribution >= 4 is 39.7 Å². The van der Waals surface area contributed by atoms with Crippen LogP contribution < -0.4 is 10.0 Å². The minimum atomic E-state index is -0.923. The van der Waals surface area contributed by atoms with Gasteiger partial charge in [-0.15, -0.1) is 0 Å². The monoisotopic (exact) mass is 502 g/mol. The van der Waals surface area contributed by atoms with Gasteiger partial charge in [-0.1, -0.05) is 91.9 Å². The maximum Gasteiger partial charge on any atom is 0.234 e. The molecule has 1 spiro atoms. The average molecular weight is 503 g/mol. The normalized spacial score (nSPS) is 18.4. The summed E-state index contributed by atoms with van der Waals surface area (Å²) < 4.78 is 0. The van der Waals surface area contributed by atoms with Crippen LogP contribution in [0.4, 0.5) is 11.4 Å². The lowest BCUT2D eigenvalue weighted by Gasteiger charge is -2.47. The lowest BCUT2D eigenvalue weighted by molar-refractivity contribution is -0.110. The van der Waals surface area contributed by atoms with Crippen molar-refractivity contribution in [2.45, 2.75) is 25.3 Å². The second kappa shape index (κ2) is 9.37. The first kappa shape index (κ1) is 23.3. The molecule has 0 radical (unpaired) electrons. The summed E-state index contributed by atoms with van der Waals surface area (Å²) in [7, 11) is 0. The van der Waals surface area contributed by atoms with Gasteiger partial charge in [0.1, 0.15) is 0 Å². The van der Waals surface area contributed by atoms with Crippen LogP contribution in [0.5, 0.6) is 0 Å². The van der Waals surface area contributed by atoms with Crippen molar-refractivity contribution in [1.29, 1.82) is 0 Å². The Morgan fingerprint density at radius 2 is 1.32 bits per heavy atom. The molecule has 0 bridgehead atoms. The van der Waals surface area contributed by atoms with Crippen molar-refractivity contribution in [3.05, 3.63) is 131 Å². The molecule has 0 unspecified atom stereocenters. The summed E-state index contributed by atoms with van der Waals surface area (Å²) in [4.78, 5) is 11.8. The topological polar surface area (TPSA) is 48.3 Å². The highest BCUT2D eigenvalue weighted by atomic mass is 32.2. The Labute approximate surface area is 221 Å². The molecule has 0 aromatic heterocycles. The van der Waals surface area contributed by atoms with Gasteiger partial charge in [0.25, 0.3) is 0 Å². The van der Waals surface area contributed by atoms with E-state index in [1.54, 1.807) is 6.92 Å². The number of hydrogen-bond donors (Lipinski definition) is 0. The third-order valence-corrected chi connectivity index (χ3v) is 8.09. The Hall–Kier alpha value is -4.16. The fourth-order valence-electron chi connectivity index (χ4n) is 4.83. The highest BCUT2D eigenvalue weighted by Gasteiger charge is 2.55.